The van der Waals surface area contributed by atoms with E-state index in [1.807, 2.05) is 0 Å². The van der Waals surface area contributed by atoms with E-state index in [4.69, 9.17) is 0 Å². The third kappa shape index (κ3) is 3.46. The maximum Gasteiger partial charge on any atom is 0.337 e. The van der Waals surface area contributed by atoms with Gasteiger partial charge < -0.3 is 5.11 Å². The van der Waals surface area contributed by atoms with E-state index < -0.39 is 23.4 Å². The number of carboxylic acid groups (broad SMARTS) is 1. The Balaban J connectivity index is 1.72. The molecule has 8 heteroatoms. The number of fused-ring (bicyclic) bond motifs is 1. The largest absolute Gasteiger partial charge is 0.478 e. The molecule has 30 heavy (non-hydrogen) atoms. The van der Waals surface area contributed by atoms with Gasteiger partial charge in [0, 0.05) is 12.0 Å². The van der Waals surface area contributed by atoms with Gasteiger partial charge in [-0.05, 0) is 35.6 Å². The second-order valence-corrected chi connectivity index (χ2v) is 7.55. The van der Waals surface area contributed by atoms with Gasteiger partial charge in [-0.25, -0.2) is 18.6 Å². The van der Waals surface area contributed by atoms with E-state index in [-0.39, 0.29) is 39.2 Å². The summed E-state index contributed by atoms with van der Waals surface area (Å²) in [5.74, 6) is -3.88. The van der Waals surface area contributed by atoms with Crippen LogP contribution < -0.4 is 0 Å². The molecular weight excluding hydrogens is 410 g/mol. The monoisotopic (exact) mass is 424 g/mol. The molecule has 0 aliphatic carbocycles. The van der Waals surface area contributed by atoms with Gasteiger partial charge in [0.1, 0.15) is 5.69 Å². The maximum atomic E-state index is 14.4. The van der Waals surface area contributed by atoms with E-state index >= 15 is 0 Å². The summed E-state index contributed by atoms with van der Waals surface area (Å²) in [4.78, 5) is 33.1. The number of aryl methyl sites for hydroxylation is 1. The van der Waals surface area contributed by atoms with E-state index in [2.05, 4.69) is 9.97 Å². The van der Waals surface area contributed by atoms with Crippen molar-refractivity contribution in [2.45, 2.75) is 13.3 Å². The first-order chi connectivity index (χ1) is 14.4. The Morgan fingerprint density at radius 3 is 2.53 bits per heavy atom. The average Bonchev–Trinajstić information content (AvgIpc) is 3.15. The van der Waals surface area contributed by atoms with Crippen LogP contribution in [0.1, 0.15) is 32.0 Å². The lowest BCUT2D eigenvalue weighted by molar-refractivity contribution is 0.0697. The summed E-state index contributed by atoms with van der Waals surface area (Å²) < 4.78 is 28.4. The van der Waals surface area contributed by atoms with Crippen LogP contribution in [0.15, 0.2) is 48.0 Å². The van der Waals surface area contributed by atoms with Gasteiger partial charge in [-0.3, -0.25) is 9.78 Å². The van der Waals surface area contributed by atoms with Gasteiger partial charge in [-0.1, -0.05) is 24.3 Å². The maximum absolute atomic E-state index is 14.4. The van der Waals surface area contributed by atoms with Gasteiger partial charge in [0.05, 0.1) is 27.7 Å². The number of halogens is 2. The van der Waals surface area contributed by atoms with Crippen LogP contribution in [0.4, 0.5) is 8.78 Å². The number of carbonyl (C=O) groups excluding carboxylic acids is 1. The molecule has 0 radical (unpaired) electrons. The highest BCUT2D eigenvalue weighted by Gasteiger charge is 2.25. The lowest BCUT2D eigenvalue weighted by Gasteiger charge is -2.07. The number of Topliss-reactive ketones (excluding diaryl/α,β-unsaturated/α-hetero) is 1. The van der Waals surface area contributed by atoms with Crippen molar-refractivity contribution in [3.63, 3.8) is 0 Å². The summed E-state index contributed by atoms with van der Waals surface area (Å²) in [5, 5.41) is 11.2. The Labute approximate surface area is 173 Å². The summed E-state index contributed by atoms with van der Waals surface area (Å²) in [5.41, 5.74) is 1.25. The zero-order chi connectivity index (χ0) is 21.4. The molecule has 4 rings (SSSR count). The zero-order valence-electron chi connectivity index (χ0n) is 15.6. The first-order valence-electron chi connectivity index (χ1n) is 8.90. The van der Waals surface area contributed by atoms with Crippen LogP contribution in [-0.2, 0) is 6.42 Å². The summed E-state index contributed by atoms with van der Waals surface area (Å²) in [7, 11) is 0. The zero-order valence-corrected chi connectivity index (χ0v) is 16.5. The van der Waals surface area contributed by atoms with Crippen LogP contribution in [0.5, 0.6) is 0 Å². The van der Waals surface area contributed by atoms with E-state index in [0.29, 0.717) is 11.0 Å². The molecule has 0 saturated heterocycles. The molecule has 2 heterocycles. The van der Waals surface area contributed by atoms with Gasteiger partial charge in [0.15, 0.2) is 17.4 Å². The molecule has 0 amide bonds. The quantitative estimate of drug-likeness (QED) is 0.453. The number of benzene rings is 2. The highest BCUT2D eigenvalue weighted by Crippen LogP contribution is 2.36. The molecule has 4 aromatic rings. The number of ketones is 1. The Hall–Kier alpha value is -3.52. The molecule has 2 aromatic heterocycles. The predicted molar refractivity (Wildman–Crippen MR) is 109 cm³/mol. The number of para-hydroxylation sites is 2. The van der Waals surface area contributed by atoms with E-state index in [1.54, 1.807) is 24.3 Å². The highest BCUT2D eigenvalue weighted by atomic mass is 32.1. The molecule has 0 unspecified atom stereocenters. The number of thiophene rings is 1. The number of carboxylic acids is 1. The fraction of sp³-hybridized carbons (Fsp3) is 0.0909. The van der Waals surface area contributed by atoms with Crippen molar-refractivity contribution in [3.05, 3.63) is 82.0 Å². The van der Waals surface area contributed by atoms with Crippen LogP contribution in [0.3, 0.4) is 0 Å². The highest BCUT2D eigenvalue weighted by molar-refractivity contribution is 7.14. The lowest BCUT2D eigenvalue weighted by atomic mass is 10.0. The molecule has 0 atom stereocenters. The molecule has 0 aliphatic rings. The van der Waals surface area contributed by atoms with Gasteiger partial charge in [0.2, 0.25) is 0 Å². The van der Waals surface area contributed by atoms with Crippen molar-refractivity contribution in [2.75, 3.05) is 0 Å². The first kappa shape index (κ1) is 19.8. The fourth-order valence-corrected chi connectivity index (χ4v) is 4.22. The number of carbonyl (C=O) groups is 2. The number of rotatable bonds is 5. The summed E-state index contributed by atoms with van der Waals surface area (Å²) in [6.45, 7) is 1.42. The third-order valence-electron chi connectivity index (χ3n) is 4.69. The lowest BCUT2D eigenvalue weighted by Crippen LogP contribution is -2.10. The second kappa shape index (κ2) is 7.72. The van der Waals surface area contributed by atoms with Crippen LogP contribution in [-0.4, -0.2) is 26.8 Å². The Bertz CT molecular complexity index is 1320. The molecule has 5 nitrogen and oxygen atoms in total. The third-order valence-corrected chi connectivity index (χ3v) is 5.75. The first-order valence-corrected chi connectivity index (χ1v) is 9.78. The fourth-order valence-electron chi connectivity index (χ4n) is 3.13. The van der Waals surface area contributed by atoms with E-state index in [9.17, 15) is 23.5 Å². The molecule has 1 N–H and O–H groups in total. The van der Waals surface area contributed by atoms with Gasteiger partial charge in [-0.15, -0.1) is 11.3 Å². The van der Waals surface area contributed by atoms with Crippen molar-refractivity contribution in [3.8, 4) is 10.4 Å². The minimum atomic E-state index is -1.32. The Morgan fingerprint density at radius 1 is 1.07 bits per heavy atom. The smallest absolute Gasteiger partial charge is 0.337 e. The SMILES string of the molecule is Cc1ccc(-c2scc(CC(=O)c3cnc4ccccc4n3)c2C(=O)O)c(F)c1F. The van der Waals surface area contributed by atoms with Crippen LogP contribution in [0.2, 0.25) is 0 Å². The summed E-state index contributed by atoms with van der Waals surface area (Å²) in [6.07, 6.45) is 1.09. The van der Waals surface area contributed by atoms with E-state index in [1.165, 1.54) is 30.6 Å². The standard InChI is InChI=1S/C22H14F2N2O3S/c1-11-6-7-13(20(24)19(11)23)21-18(22(28)29)12(10-30-21)8-17(27)16-9-25-14-4-2-3-5-15(14)26-16/h2-7,9-10H,8H2,1H3,(H,28,29). The second-order valence-electron chi connectivity index (χ2n) is 6.67. The average molecular weight is 424 g/mol. The molecule has 0 saturated carbocycles. The number of hydrogen-bond donors (Lipinski definition) is 1. The van der Waals surface area contributed by atoms with Crippen molar-refractivity contribution in [1.82, 2.24) is 9.97 Å². The van der Waals surface area contributed by atoms with E-state index in [0.717, 1.165) is 11.3 Å². The molecule has 150 valence electrons. The number of aromatic nitrogens is 2. The van der Waals surface area contributed by atoms with Crippen LogP contribution in [0.25, 0.3) is 21.5 Å². The molecular formula is C22H14F2N2O3S. The van der Waals surface area contributed by atoms with Crippen molar-refractivity contribution in [1.29, 1.82) is 0 Å². The Kier molecular flexibility index (Phi) is 5.09. The van der Waals surface area contributed by atoms with Gasteiger partial charge in [-0.2, -0.15) is 0 Å². The minimum Gasteiger partial charge on any atom is -0.478 e. The topological polar surface area (TPSA) is 80.2 Å². The molecule has 0 spiro atoms. The van der Waals surface area contributed by atoms with Gasteiger partial charge >= 0.3 is 5.97 Å². The molecule has 0 fully saturated rings. The molecule has 0 aliphatic heterocycles. The summed E-state index contributed by atoms with van der Waals surface area (Å²) >= 11 is 0.950. The summed E-state index contributed by atoms with van der Waals surface area (Å²) in [6, 6.07) is 9.78. The van der Waals surface area contributed by atoms with Crippen LogP contribution >= 0.6 is 11.3 Å². The normalized spacial score (nSPS) is 11.0. The van der Waals surface area contributed by atoms with Crippen molar-refractivity contribution >= 4 is 34.1 Å². The molecule has 2 aromatic carbocycles. The number of hydrogen-bond acceptors (Lipinski definition) is 5. The van der Waals surface area contributed by atoms with Crippen molar-refractivity contribution < 1.29 is 23.5 Å². The molecule has 0 bridgehead atoms. The predicted octanol–water partition coefficient (Wildman–Crippen LogP) is 5.07. The minimum absolute atomic E-state index is 0.0614. The van der Waals surface area contributed by atoms with Crippen LogP contribution in [0, 0.1) is 18.6 Å². The Morgan fingerprint density at radius 2 is 1.80 bits per heavy atom. The van der Waals surface area contributed by atoms with Crippen molar-refractivity contribution in [2.24, 2.45) is 0 Å². The number of nitrogens with zero attached hydrogens (tertiary/aromatic N) is 2. The number of aromatic carboxylic acids is 1. The van der Waals surface area contributed by atoms with Gasteiger partial charge in [0.25, 0.3) is 0 Å².